The summed E-state index contributed by atoms with van der Waals surface area (Å²) >= 11 is 0. The summed E-state index contributed by atoms with van der Waals surface area (Å²) in [6.45, 7) is 6.18. The molecule has 1 saturated heterocycles. The summed E-state index contributed by atoms with van der Waals surface area (Å²) in [7, 11) is 0. The summed E-state index contributed by atoms with van der Waals surface area (Å²) in [5.41, 5.74) is 0. The lowest BCUT2D eigenvalue weighted by Gasteiger charge is -2.23. The molecule has 0 aromatic rings. The van der Waals surface area contributed by atoms with Crippen molar-refractivity contribution in [1.29, 1.82) is 0 Å². The predicted molar refractivity (Wildman–Crippen MR) is 59.7 cm³/mol. The minimum absolute atomic E-state index is 0.00702. The van der Waals surface area contributed by atoms with Gasteiger partial charge in [0.1, 0.15) is 0 Å². The third-order valence-corrected chi connectivity index (χ3v) is 2.64. The van der Waals surface area contributed by atoms with Crippen LogP contribution in [0.1, 0.15) is 33.1 Å². The molecule has 1 amide bonds. The average Bonchev–Trinajstić information content (AvgIpc) is 2.27. The van der Waals surface area contributed by atoms with Gasteiger partial charge in [-0.15, -0.1) is 0 Å². The number of rotatable bonds is 5. The molecule has 0 spiro atoms. The van der Waals surface area contributed by atoms with Crippen molar-refractivity contribution >= 4 is 5.91 Å². The Kier molecular flexibility index (Phi) is 5.65. The second-order valence-electron chi connectivity index (χ2n) is 4.01. The van der Waals surface area contributed by atoms with Crippen LogP contribution in [-0.2, 0) is 9.53 Å². The van der Waals surface area contributed by atoms with Crippen molar-refractivity contribution in [2.24, 2.45) is 0 Å². The van der Waals surface area contributed by atoms with Gasteiger partial charge in [0.2, 0.25) is 5.91 Å². The summed E-state index contributed by atoms with van der Waals surface area (Å²) in [6, 6.07) is 0.00702. The number of hydrogen-bond donors (Lipinski definition) is 2. The van der Waals surface area contributed by atoms with E-state index in [1.165, 1.54) is 6.42 Å². The van der Waals surface area contributed by atoms with Gasteiger partial charge in [-0.2, -0.15) is 0 Å². The standard InChI is InChI=1S/C11H22N2O2/c1-3-15-9(2)8-13-11(14)10-6-4-5-7-12-10/h9-10,12H,3-8H2,1-2H3,(H,13,14). The van der Waals surface area contributed by atoms with Crippen LogP contribution in [0.25, 0.3) is 0 Å². The van der Waals surface area contributed by atoms with Crippen molar-refractivity contribution < 1.29 is 9.53 Å². The van der Waals surface area contributed by atoms with Crippen LogP contribution in [0.15, 0.2) is 0 Å². The van der Waals surface area contributed by atoms with Crippen LogP contribution in [0.2, 0.25) is 0 Å². The molecule has 1 heterocycles. The molecule has 0 bridgehead atoms. The summed E-state index contributed by atoms with van der Waals surface area (Å²) in [6.07, 6.45) is 3.38. The van der Waals surface area contributed by atoms with Crippen LogP contribution in [0.3, 0.4) is 0 Å². The Morgan fingerprint density at radius 1 is 1.60 bits per heavy atom. The SMILES string of the molecule is CCOC(C)CNC(=O)C1CCCCN1. The van der Waals surface area contributed by atoms with E-state index in [4.69, 9.17) is 4.74 Å². The Bertz CT molecular complexity index is 191. The van der Waals surface area contributed by atoms with Gasteiger partial charge in [0, 0.05) is 13.2 Å². The van der Waals surface area contributed by atoms with Crippen LogP contribution >= 0.6 is 0 Å². The average molecular weight is 214 g/mol. The molecule has 0 aliphatic carbocycles. The van der Waals surface area contributed by atoms with Crippen molar-refractivity contribution in [2.45, 2.75) is 45.3 Å². The minimum atomic E-state index is 0.00702. The van der Waals surface area contributed by atoms with Gasteiger partial charge >= 0.3 is 0 Å². The van der Waals surface area contributed by atoms with Crippen molar-refractivity contribution in [3.63, 3.8) is 0 Å². The maximum atomic E-state index is 11.7. The fourth-order valence-corrected chi connectivity index (χ4v) is 1.79. The molecule has 88 valence electrons. The molecular weight excluding hydrogens is 192 g/mol. The lowest BCUT2D eigenvalue weighted by molar-refractivity contribution is -0.124. The van der Waals surface area contributed by atoms with Crippen LogP contribution in [0, 0.1) is 0 Å². The molecule has 1 fully saturated rings. The van der Waals surface area contributed by atoms with Crippen LogP contribution in [0.4, 0.5) is 0 Å². The largest absolute Gasteiger partial charge is 0.377 e. The first-order valence-corrected chi connectivity index (χ1v) is 5.86. The second kappa shape index (κ2) is 6.80. The smallest absolute Gasteiger partial charge is 0.237 e. The zero-order chi connectivity index (χ0) is 11.1. The molecule has 15 heavy (non-hydrogen) atoms. The van der Waals surface area contributed by atoms with Gasteiger partial charge in [0.15, 0.2) is 0 Å². The second-order valence-corrected chi connectivity index (χ2v) is 4.01. The van der Waals surface area contributed by atoms with Gasteiger partial charge in [-0.25, -0.2) is 0 Å². The molecule has 1 aliphatic rings. The highest BCUT2D eigenvalue weighted by atomic mass is 16.5. The van der Waals surface area contributed by atoms with Crippen molar-refractivity contribution in [3.05, 3.63) is 0 Å². The number of piperidine rings is 1. The number of ether oxygens (including phenoxy) is 1. The van der Waals surface area contributed by atoms with E-state index in [9.17, 15) is 4.79 Å². The Morgan fingerprint density at radius 3 is 3.00 bits per heavy atom. The normalized spacial score (nSPS) is 23.5. The molecular formula is C11H22N2O2. The highest BCUT2D eigenvalue weighted by Gasteiger charge is 2.20. The quantitative estimate of drug-likeness (QED) is 0.707. The topological polar surface area (TPSA) is 50.4 Å². The summed E-state index contributed by atoms with van der Waals surface area (Å²) in [5, 5.41) is 6.13. The molecule has 2 atom stereocenters. The first-order valence-electron chi connectivity index (χ1n) is 5.86. The molecule has 0 saturated carbocycles. The van der Waals surface area contributed by atoms with E-state index in [2.05, 4.69) is 10.6 Å². The summed E-state index contributed by atoms with van der Waals surface area (Å²) in [4.78, 5) is 11.7. The fraction of sp³-hybridized carbons (Fsp3) is 0.909. The van der Waals surface area contributed by atoms with Gasteiger partial charge in [-0.1, -0.05) is 6.42 Å². The predicted octanol–water partition coefficient (Wildman–Crippen LogP) is 0.670. The van der Waals surface area contributed by atoms with Crippen LogP contribution in [0.5, 0.6) is 0 Å². The van der Waals surface area contributed by atoms with E-state index in [-0.39, 0.29) is 18.1 Å². The van der Waals surface area contributed by atoms with Gasteiger partial charge in [-0.3, -0.25) is 4.79 Å². The lowest BCUT2D eigenvalue weighted by atomic mass is 10.0. The van der Waals surface area contributed by atoms with Gasteiger partial charge in [0.25, 0.3) is 0 Å². The number of carbonyl (C=O) groups is 1. The Morgan fingerprint density at radius 2 is 2.40 bits per heavy atom. The number of hydrogen-bond acceptors (Lipinski definition) is 3. The molecule has 1 rings (SSSR count). The van der Waals surface area contributed by atoms with E-state index in [1.54, 1.807) is 0 Å². The minimum Gasteiger partial charge on any atom is -0.377 e. The molecule has 4 heteroatoms. The molecule has 0 aromatic carbocycles. The number of amides is 1. The monoisotopic (exact) mass is 214 g/mol. The number of nitrogens with one attached hydrogen (secondary N) is 2. The van der Waals surface area contributed by atoms with Crippen LogP contribution < -0.4 is 10.6 Å². The molecule has 0 aromatic heterocycles. The van der Waals surface area contributed by atoms with E-state index in [0.29, 0.717) is 13.2 Å². The van der Waals surface area contributed by atoms with Crippen molar-refractivity contribution in [3.8, 4) is 0 Å². The summed E-state index contributed by atoms with van der Waals surface area (Å²) in [5.74, 6) is 0.112. The van der Waals surface area contributed by atoms with E-state index >= 15 is 0 Å². The third-order valence-electron chi connectivity index (χ3n) is 2.64. The Labute approximate surface area is 91.8 Å². The summed E-state index contributed by atoms with van der Waals surface area (Å²) < 4.78 is 5.34. The van der Waals surface area contributed by atoms with Gasteiger partial charge in [0.05, 0.1) is 12.1 Å². The van der Waals surface area contributed by atoms with E-state index in [0.717, 1.165) is 19.4 Å². The third kappa shape index (κ3) is 4.62. The molecule has 4 nitrogen and oxygen atoms in total. The lowest BCUT2D eigenvalue weighted by Crippen LogP contribution is -2.48. The number of carbonyl (C=O) groups excluding carboxylic acids is 1. The fourth-order valence-electron chi connectivity index (χ4n) is 1.79. The highest BCUT2D eigenvalue weighted by Crippen LogP contribution is 2.06. The molecule has 1 aliphatic heterocycles. The Hall–Kier alpha value is -0.610. The van der Waals surface area contributed by atoms with Gasteiger partial charge < -0.3 is 15.4 Å². The Balaban J connectivity index is 2.16. The van der Waals surface area contributed by atoms with E-state index < -0.39 is 0 Å². The van der Waals surface area contributed by atoms with Gasteiger partial charge in [-0.05, 0) is 33.2 Å². The molecule has 2 N–H and O–H groups in total. The van der Waals surface area contributed by atoms with Crippen molar-refractivity contribution in [1.82, 2.24) is 10.6 Å². The zero-order valence-electron chi connectivity index (χ0n) is 9.71. The first-order chi connectivity index (χ1) is 7.24. The maximum absolute atomic E-state index is 11.7. The van der Waals surface area contributed by atoms with Crippen molar-refractivity contribution in [2.75, 3.05) is 19.7 Å². The molecule has 2 unspecified atom stereocenters. The maximum Gasteiger partial charge on any atom is 0.237 e. The van der Waals surface area contributed by atoms with E-state index in [1.807, 2.05) is 13.8 Å². The van der Waals surface area contributed by atoms with Crippen LogP contribution in [-0.4, -0.2) is 37.7 Å². The zero-order valence-corrected chi connectivity index (χ0v) is 9.71. The first kappa shape index (κ1) is 12.5. The molecule has 0 radical (unpaired) electrons. The highest BCUT2D eigenvalue weighted by molar-refractivity contribution is 5.81.